The molecule has 0 aliphatic carbocycles. The molecule has 0 bridgehead atoms. The van der Waals surface area contributed by atoms with E-state index in [2.05, 4.69) is 0 Å². The predicted molar refractivity (Wildman–Crippen MR) is 87.3 cm³/mol. The van der Waals surface area contributed by atoms with E-state index in [4.69, 9.17) is 9.47 Å². The smallest absolute Gasteiger partial charge is 0.236 e. The number of hydrogen-bond acceptors (Lipinski definition) is 5. The summed E-state index contributed by atoms with van der Waals surface area (Å²) in [5.41, 5.74) is 1.02. The molecule has 2 atom stereocenters. The van der Waals surface area contributed by atoms with E-state index >= 15 is 0 Å². The van der Waals surface area contributed by atoms with Crippen molar-refractivity contribution in [3.63, 3.8) is 0 Å². The highest BCUT2D eigenvalue weighted by molar-refractivity contribution is 5.78. The Kier molecular flexibility index (Phi) is 6.38. The topological polar surface area (TPSA) is 62.2 Å². The van der Waals surface area contributed by atoms with Crippen molar-refractivity contribution in [3.05, 3.63) is 29.8 Å². The lowest BCUT2D eigenvalue weighted by atomic mass is 10.2. The van der Waals surface area contributed by atoms with Gasteiger partial charge in [0.25, 0.3) is 0 Å². The summed E-state index contributed by atoms with van der Waals surface area (Å²) >= 11 is 0. The van der Waals surface area contributed by atoms with Crippen LogP contribution in [0.2, 0.25) is 0 Å². The summed E-state index contributed by atoms with van der Waals surface area (Å²) in [5.74, 6) is 0.814. The Bertz CT molecular complexity index is 523. The number of aliphatic hydroxyl groups is 1. The third kappa shape index (κ3) is 4.67. The molecule has 1 aliphatic rings. The van der Waals surface area contributed by atoms with Gasteiger partial charge in [0, 0.05) is 33.3 Å². The fourth-order valence-electron chi connectivity index (χ4n) is 2.92. The van der Waals surface area contributed by atoms with E-state index in [9.17, 15) is 9.90 Å². The van der Waals surface area contributed by atoms with Gasteiger partial charge in [-0.3, -0.25) is 9.69 Å². The van der Waals surface area contributed by atoms with Gasteiger partial charge in [-0.25, -0.2) is 0 Å². The molecule has 1 saturated heterocycles. The zero-order valence-corrected chi connectivity index (χ0v) is 14.1. The first-order valence-electron chi connectivity index (χ1n) is 7.82. The van der Waals surface area contributed by atoms with Crippen molar-refractivity contribution in [1.82, 2.24) is 9.80 Å². The molecule has 1 heterocycles. The van der Waals surface area contributed by atoms with E-state index in [1.165, 1.54) is 0 Å². The molecule has 6 heteroatoms. The summed E-state index contributed by atoms with van der Waals surface area (Å²) in [7, 11) is 5.08. The van der Waals surface area contributed by atoms with Crippen LogP contribution in [0.5, 0.6) is 5.75 Å². The van der Waals surface area contributed by atoms with Crippen LogP contribution in [0.4, 0.5) is 0 Å². The average molecular weight is 322 g/mol. The van der Waals surface area contributed by atoms with Crippen LogP contribution in [-0.4, -0.2) is 73.9 Å². The Labute approximate surface area is 137 Å². The summed E-state index contributed by atoms with van der Waals surface area (Å²) in [6.45, 7) is 1.56. The van der Waals surface area contributed by atoms with Gasteiger partial charge in [0.15, 0.2) is 0 Å². The number of rotatable bonds is 7. The minimum absolute atomic E-state index is 0.00545. The molecule has 0 aromatic heterocycles. The molecule has 1 aromatic rings. The van der Waals surface area contributed by atoms with E-state index in [1.807, 2.05) is 29.2 Å². The molecule has 1 amide bonds. The number of likely N-dealkylation sites (N-methyl/N-ethyl adjacent to an activating group) is 1. The lowest BCUT2D eigenvalue weighted by molar-refractivity contribution is -0.132. The average Bonchev–Trinajstić information content (AvgIpc) is 2.97. The van der Waals surface area contributed by atoms with Crippen LogP contribution < -0.4 is 4.74 Å². The Morgan fingerprint density at radius 1 is 1.43 bits per heavy atom. The van der Waals surface area contributed by atoms with E-state index in [0.717, 1.165) is 17.7 Å². The molecular weight excluding hydrogens is 296 g/mol. The summed E-state index contributed by atoms with van der Waals surface area (Å²) in [6, 6.07) is 7.69. The summed E-state index contributed by atoms with van der Waals surface area (Å²) in [4.78, 5) is 16.1. The second kappa shape index (κ2) is 8.29. The Hall–Kier alpha value is -1.63. The van der Waals surface area contributed by atoms with Gasteiger partial charge in [0.1, 0.15) is 5.75 Å². The Morgan fingerprint density at radius 3 is 2.87 bits per heavy atom. The van der Waals surface area contributed by atoms with Crippen molar-refractivity contribution in [2.24, 2.45) is 0 Å². The van der Waals surface area contributed by atoms with E-state index in [-0.39, 0.29) is 24.7 Å². The van der Waals surface area contributed by atoms with Gasteiger partial charge in [-0.1, -0.05) is 12.1 Å². The fourth-order valence-corrected chi connectivity index (χ4v) is 2.92. The maximum Gasteiger partial charge on any atom is 0.236 e. The van der Waals surface area contributed by atoms with Gasteiger partial charge in [-0.15, -0.1) is 0 Å². The van der Waals surface area contributed by atoms with Crippen molar-refractivity contribution in [2.45, 2.75) is 25.1 Å². The van der Waals surface area contributed by atoms with Gasteiger partial charge in [-0.2, -0.15) is 0 Å². The lowest BCUT2D eigenvalue weighted by Crippen LogP contribution is -2.41. The lowest BCUT2D eigenvalue weighted by Gasteiger charge is -2.25. The number of ether oxygens (including phenoxy) is 2. The van der Waals surface area contributed by atoms with Crippen molar-refractivity contribution < 1.29 is 19.4 Å². The van der Waals surface area contributed by atoms with Gasteiger partial charge in [-0.05, 0) is 24.1 Å². The van der Waals surface area contributed by atoms with Crippen LogP contribution in [0, 0.1) is 0 Å². The standard InChI is InChI=1S/C17H26N2O4/c1-18(9-13-5-4-6-15(7-13)22-2)17(21)11-19-10-16(23-3)8-14(19)12-20/h4-7,14,16,20H,8-12H2,1-3H3/t14-,16+/m0/s1. The maximum atomic E-state index is 12.4. The second-order valence-electron chi connectivity index (χ2n) is 5.96. The third-order valence-corrected chi connectivity index (χ3v) is 4.35. The molecule has 1 aromatic carbocycles. The molecule has 128 valence electrons. The first-order valence-corrected chi connectivity index (χ1v) is 7.82. The second-order valence-corrected chi connectivity index (χ2v) is 5.96. The first-order chi connectivity index (χ1) is 11.1. The van der Waals surface area contributed by atoms with Crippen molar-refractivity contribution in [2.75, 3.05) is 41.0 Å². The van der Waals surface area contributed by atoms with Crippen LogP contribution in [0.15, 0.2) is 24.3 Å². The van der Waals surface area contributed by atoms with E-state index in [0.29, 0.717) is 19.6 Å². The molecule has 0 saturated carbocycles. The zero-order valence-electron chi connectivity index (χ0n) is 14.1. The minimum Gasteiger partial charge on any atom is -0.497 e. The Balaban J connectivity index is 1.91. The maximum absolute atomic E-state index is 12.4. The molecule has 1 fully saturated rings. The van der Waals surface area contributed by atoms with E-state index < -0.39 is 0 Å². The quantitative estimate of drug-likeness (QED) is 0.802. The summed E-state index contributed by atoms with van der Waals surface area (Å²) < 4.78 is 10.5. The monoisotopic (exact) mass is 322 g/mol. The van der Waals surface area contributed by atoms with Crippen molar-refractivity contribution in [1.29, 1.82) is 0 Å². The van der Waals surface area contributed by atoms with Gasteiger partial charge in [0.2, 0.25) is 5.91 Å². The van der Waals surface area contributed by atoms with Crippen LogP contribution in [0.25, 0.3) is 0 Å². The summed E-state index contributed by atoms with van der Waals surface area (Å²) in [6.07, 6.45) is 0.850. The zero-order chi connectivity index (χ0) is 16.8. The van der Waals surface area contributed by atoms with Gasteiger partial charge < -0.3 is 19.5 Å². The highest BCUT2D eigenvalue weighted by Crippen LogP contribution is 2.20. The van der Waals surface area contributed by atoms with Crippen LogP contribution in [0.1, 0.15) is 12.0 Å². The first kappa shape index (κ1) is 17.7. The van der Waals surface area contributed by atoms with Crippen molar-refractivity contribution >= 4 is 5.91 Å². The normalized spacial score (nSPS) is 21.4. The number of methoxy groups -OCH3 is 2. The third-order valence-electron chi connectivity index (χ3n) is 4.35. The predicted octanol–water partition coefficient (Wildman–Crippen LogP) is 0.735. The van der Waals surface area contributed by atoms with Gasteiger partial charge >= 0.3 is 0 Å². The number of aliphatic hydroxyl groups excluding tert-OH is 1. The molecule has 0 unspecified atom stereocenters. The molecule has 2 rings (SSSR count). The summed E-state index contributed by atoms with van der Waals surface area (Å²) in [5, 5.41) is 9.46. The fraction of sp³-hybridized carbons (Fsp3) is 0.588. The number of nitrogens with zero attached hydrogens (tertiary/aromatic N) is 2. The van der Waals surface area contributed by atoms with E-state index in [1.54, 1.807) is 26.2 Å². The molecule has 1 N–H and O–H groups in total. The molecule has 23 heavy (non-hydrogen) atoms. The number of benzene rings is 1. The molecule has 1 aliphatic heterocycles. The van der Waals surface area contributed by atoms with Crippen LogP contribution in [-0.2, 0) is 16.1 Å². The SMILES string of the molecule is COc1cccc(CN(C)C(=O)CN2C[C@H](OC)C[C@H]2CO)c1. The van der Waals surface area contributed by atoms with Crippen LogP contribution >= 0.6 is 0 Å². The number of likely N-dealkylation sites (tertiary alicyclic amines) is 1. The highest BCUT2D eigenvalue weighted by Gasteiger charge is 2.33. The molecule has 0 spiro atoms. The molecular formula is C17H26N2O4. The number of amides is 1. The van der Waals surface area contributed by atoms with Crippen molar-refractivity contribution in [3.8, 4) is 5.75 Å². The highest BCUT2D eigenvalue weighted by atomic mass is 16.5. The van der Waals surface area contributed by atoms with Crippen LogP contribution in [0.3, 0.4) is 0 Å². The Morgan fingerprint density at radius 2 is 2.22 bits per heavy atom. The van der Waals surface area contributed by atoms with Gasteiger partial charge in [0.05, 0.1) is 26.4 Å². The molecule has 0 radical (unpaired) electrons. The largest absolute Gasteiger partial charge is 0.497 e. The minimum atomic E-state index is -0.00545. The number of carbonyl (C=O) groups excluding carboxylic acids is 1. The molecule has 6 nitrogen and oxygen atoms in total. The number of carbonyl (C=O) groups is 1. The number of hydrogen-bond donors (Lipinski definition) is 1.